The predicted octanol–water partition coefficient (Wildman–Crippen LogP) is 5.82. The van der Waals surface area contributed by atoms with Crippen molar-refractivity contribution >= 4 is 22.7 Å². The fourth-order valence-corrected chi connectivity index (χ4v) is 2.92. The van der Waals surface area contributed by atoms with E-state index in [1.54, 1.807) is 6.07 Å². The molecule has 0 aromatic heterocycles. The molecule has 0 aliphatic carbocycles. The Bertz CT molecular complexity index is 723. The minimum Gasteiger partial charge on any atom is -0.466 e. The molecule has 4 heteroatoms. The smallest absolute Gasteiger partial charge is 0.311 e. The van der Waals surface area contributed by atoms with Crippen molar-refractivity contribution in [1.82, 2.24) is 0 Å². The zero-order valence-corrected chi connectivity index (χ0v) is 16.2. The minimum absolute atomic E-state index is 0.173. The Balaban J connectivity index is 1.57. The van der Waals surface area contributed by atoms with E-state index in [0.29, 0.717) is 38.0 Å². The van der Waals surface area contributed by atoms with Gasteiger partial charge >= 0.3 is 11.9 Å². The Hall–Kier alpha value is -2.36. The van der Waals surface area contributed by atoms with Crippen LogP contribution in [0.4, 0.5) is 0 Å². The highest BCUT2D eigenvalue weighted by atomic mass is 16.5. The monoisotopic (exact) mass is 370 g/mol. The summed E-state index contributed by atoms with van der Waals surface area (Å²) in [5.41, 5.74) is 0. The van der Waals surface area contributed by atoms with Crippen molar-refractivity contribution in [3.63, 3.8) is 0 Å². The summed E-state index contributed by atoms with van der Waals surface area (Å²) in [5, 5.41) is 2.15. The predicted molar refractivity (Wildman–Crippen MR) is 108 cm³/mol. The van der Waals surface area contributed by atoms with Gasteiger partial charge in [-0.05, 0) is 42.2 Å². The Morgan fingerprint density at radius 1 is 0.778 bits per heavy atom. The lowest BCUT2D eigenvalue weighted by Crippen LogP contribution is -2.09. The number of esters is 2. The van der Waals surface area contributed by atoms with E-state index in [0.717, 1.165) is 23.6 Å². The molecular formula is C23H30O4. The number of rotatable bonds is 12. The van der Waals surface area contributed by atoms with E-state index in [4.69, 9.17) is 9.47 Å². The van der Waals surface area contributed by atoms with Crippen molar-refractivity contribution < 1.29 is 19.1 Å². The third-order valence-corrected chi connectivity index (χ3v) is 4.48. The molecule has 4 nitrogen and oxygen atoms in total. The van der Waals surface area contributed by atoms with E-state index in [9.17, 15) is 9.59 Å². The maximum Gasteiger partial charge on any atom is 0.311 e. The third kappa shape index (κ3) is 8.25. The number of carbonyl (C=O) groups excluding carboxylic acids is 2. The molecular weight excluding hydrogens is 340 g/mol. The molecule has 0 amide bonds. The first-order valence-electron chi connectivity index (χ1n) is 10.0. The van der Waals surface area contributed by atoms with Gasteiger partial charge in [0.15, 0.2) is 0 Å². The lowest BCUT2D eigenvalue weighted by molar-refractivity contribution is -0.144. The van der Waals surface area contributed by atoms with E-state index in [-0.39, 0.29) is 11.9 Å². The molecule has 0 N–H and O–H groups in total. The molecule has 0 aliphatic heterocycles. The number of ether oxygens (including phenoxy) is 2. The zero-order valence-electron chi connectivity index (χ0n) is 16.2. The zero-order chi connectivity index (χ0) is 19.3. The summed E-state index contributed by atoms with van der Waals surface area (Å²) < 4.78 is 10.6. The van der Waals surface area contributed by atoms with Crippen molar-refractivity contribution in [2.75, 3.05) is 6.61 Å². The molecule has 2 rings (SSSR count). The average molecular weight is 370 g/mol. The molecule has 2 aromatic rings. The quantitative estimate of drug-likeness (QED) is 0.268. The number of carbonyl (C=O) groups is 2. The number of unbranched alkanes of at least 4 members (excludes halogenated alkanes) is 5. The van der Waals surface area contributed by atoms with E-state index in [2.05, 4.69) is 6.92 Å². The van der Waals surface area contributed by atoms with Crippen LogP contribution < -0.4 is 4.74 Å². The largest absolute Gasteiger partial charge is 0.466 e. The number of benzene rings is 2. The van der Waals surface area contributed by atoms with E-state index >= 15 is 0 Å². The van der Waals surface area contributed by atoms with Gasteiger partial charge in [-0.1, -0.05) is 62.9 Å². The van der Waals surface area contributed by atoms with Crippen LogP contribution in [0.25, 0.3) is 10.8 Å². The van der Waals surface area contributed by atoms with Gasteiger partial charge in [-0.2, -0.15) is 0 Å². The first kappa shape index (κ1) is 20.9. The highest BCUT2D eigenvalue weighted by molar-refractivity contribution is 5.84. The van der Waals surface area contributed by atoms with Gasteiger partial charge < -0.3 is 9.47 Å². The summed E-state index contributed by atoms with van der Waals surface area (Å²) >= 11 is 0. The van der Waals surface area contributed by atoms with Crippen LogP contribution in [0.15, 0.2) is 42.5 Å². The first-order chi connectivity index (χ1) is 13.2. The van der Waals surface area contributed by atoms with E-state index in [1.807, 2.05) is 36.4 Å². The normalized spacial score (nSPS) is 10.7. The summed E-state index contributed by atoms with van der Waals surface area (Å²) in [6.07, 6.45) is 7.63. The van der Waals surface area contributed by atoms with Crippen molar-refractivity contribution in [3.8, 4) is 5.75 Å². The average Bonchev–Trinajstić information content (AvgIpc) is 2.68. The van der Waals surface area contributed by atoms with Crippen LogP contribution in [0, 0.1) is 0 Å². The lowest BCUT2D eigenvalue weighted by Gasteiger charge is -2.06. The molecule has 27 heavy (non-hydrogen) atoms. The maximum atomic E-state index is 12.0. The Morgan fingerprint density at radius 3 is 2.26 bits per heavy atom. The molecule has 0 heterocycles. The molecule has 0 saturated heterocycles. The molecule has 0 spiro atoms. The molecule has 0 radical (unpaired) electrons. The van der Waals surface area contributed by atoms with Crippen LogP contribution in [0.5, 0.6) is 5.75 Å². The molecule has 0 fully saturated rings. The van der Waals surface area contributed by atoms with Crippen molar-refractivity contribution in [2.24, 2.45) is 0 Å². The Morgan fingerprint density at radius 2 is 1.48 bits per heavy atom. The fraction of sp³-hybridized carbons (Fsp3) is 0.478. The summed E-state index contributed by atoms with van der Waals surface area (Å²) in [6, 6.07) is 13.6. The van der Waals surface area contributed by atoms with Crippen molar-refractivity contribution in [3.05, 3.63) is 42.5 Å². The number of fused-ring (bicyclic) bond motifs is 1. The van der Waals surface area contributed by atoms with E-state index < -0.39 is 0 Å². The standard InChI is InChI=1S/C23H30O4/c1-2-3-4-5-10-17-26-22(24)13-8-9-14-23(25)27-21-16-15-19-11-6-7-12-20(19)18-21/h6-7,11-12,15-16,18H,2-5,8-10,13-14,17H2,1H3. The Labute approximate surface area is 161 Å². The highest BCUT2D eigenvalue weighted by Gasteiger charge is 2.08. The van der Waals surface area contributed by atoms with Crippen molar-refractivity contribution in [2.45, 2.75) is 64.7 Å². The first-order valence-corrected chi connectivity index (χ1v) is 10.0. The van der Waals surface area contributed by atoms with Crippen LogP contribution in [0.1, 0.15) is 64.7 Å². The second-order valence-electron chi connectivity index (χ2n) is 6.82. The van der Waals surface area contributed by atoms with Gasteiger partial charge in [0.05, 0.1) is 6.61 Å². The summed E-state index contributed by atoms with van der Waals surface area (Å²) in [4.78, 5) is 23.6. The number of hydrogen-bond donors (Lipinski definition) is 0. The summed E-state index contributed by atoms with van der Waals surface area (Å²) in [5.74, 6) is 0.115. The van der Waals surface area contributed by atoms with Gasteiger partial charge in [0.2, 0.25) is 0 Å². The molecule has 0 unspecified atom stereocenters. The van der Waals surface area contributed by atoms with Gasteiger partial charge in [0.25, 0.3) is 0 Å². The second kappa shape index (κ2) is 12.1. The van der Waals surface area contributed by atoms with Crippen LogP contribution in [-0.4, -0.2) is 18.5 Å². The van der Waals surface area contributed by atoms with Crippen LogP contribution in [-0.2, 0) is 14.3 Å². The number of hydrogen-bond acceptors (Lipinski definition) is 4. The van der Waals surface area contributed by atoms with Crippen LogP contribution >= 0.6 is 0 Å². The third-order valence-electron chi connectivity index (χ3n) is 4.48. The van der Waals surface area contributed by atoms with Crippen LogP contribution in [0.2, 0.25) is 0 Å². The highest BCUT2D eigenvalue weighted by Crippen LogP contribution is 2.21. The molecule has 2 aromatic carbocycles. The molecule has 146 valence electrons. The fourth-order valence-electron chi connectivity index (χ4n) is 2.92. The van der Waals surface area contributed by atoms with E-state index in [1.165, 1.54) is 19.3 Å². The molecule has 0 saturated carbocycles. The second-order valence-corrected chi connectivity index (χ2v) is 6.82. The van der Waals surface area contributed by atoms with Gasteiger partial charge in [0.1, 0.15) is 5.75 Å². The van der Waals surface area contributed by atoms with Gasteiger partial charge in [0, 0.05) is 12.8 Å². The summed E-state index contributed by atoms with van der Waals surface area (Å²) in [6.45, 7) is 2.68. The molecule has 0 aliphatic rings. The lowest BCUT2D eigenvalue weighted by atomic mass is 10.1. The van der Waals surface area contributed by atoms with Gasteiger partial charge in [-0.15, -0.1) is 0 Å². The Kier molecular flexibility index (Phi) is 9.39. The van der Waals surface area contributed by atoms with Gasteiger partial charge in [-0.3, -0.25) is 9.59 Å². The van der Waals surface area contributed by atoms with Crippen molar-refractivity contribution in [1.29, 1.82) is 0 Å². The topological polar surface area (TPSA) is 52.6 Å². The molecule has 0 bridgehead atoms. The minimum atomic E-state index is -0.269. The van der Waals surface area contributed by atoms with Crippen LogP contribution in [0.3, 0.4) is 0 Å². The summed E-state index contributed by atoms with van der Waals surface area (Å²) in [7, 11) is 0. The maximum absolute atomic E-state index is 12.0. The van der Waals surface area contributed by atoms with Gasteiger partial charge in [-0.25, -0.2) is 0 Å². The SMILES string of the molecule is CCCCCCCOC(=O)CCCCC(=O)Oc1ccc2ccccc2c1. The molecule has 0 atom stereocenters.